The predicted molar refractivity (Wildman–Crippen MR) is 71.6 cm³/mol. The molecule has 0 aliphatic carbocycles. The molecule has 0 aromatic heterocycles. The molecule has 15 heavy (non-hydrogen) atoms. The second-order valence-corrected chi connectivity index (χ2v) is 4.50. The fraction of sp³-hybridized carbons (Fsp3) is 0.778. The molecule has 0 amide bonds. The van der Waals surface area contributed by atoms with E-state index in [0.717, 1.165) is 32.5 Å². The van der Waals surface area contributed by atoms with Crippen molar-refractivity contribution in [3.63, 3.8) is 0 Å². The number of thiocarbonyl (C=S) groups is 1. The first-order valence-corrected chi connectivity index (χ1v) is 5.68. The van der Waals surface area contributed by atoms with Crippen molar-refractivity contribution < 1.29 is 0 Å². The van der Waals surface area contributed by atoms with Gasteiger partial charge >= 0.3 is 29.6 Å². The van der Waals surface area contributed by atoms with Crippen molar-refractivity contribution in [1.82, 2.24) is 10.2 Å². The minimum absolute atomic E-state index is 0. The summed E-state index contributed by atoms with van der Waals surface area (Å²) < 4.78 is 0.674. The summed E-state index contributed by atoms with van der Waals surface area (Å²) in [6, 6.07) is 2.58. The zero-order chi connectivity index (χ0) is 10.4. The average molecular weight is 253 g/mol. The third-order valence-corrected chi connectivity index (χ3v) is 2.91. The first kappa shape index (κ1) is 15.7. The molecule has 1 N–H and O–H groups in total. The molecule has 0 aromatic carbocycles. The van der Waals surface area contributed by atoms with Crippen LogP contribution in [0.15, 0.2) is 0 Å². The molecule has 1 rings (SSSR count). The van der Waals surface area contributed by atoms with Crippen LogP contribution in [0.3, 0.4) is 0 Å². The summed E-state index contributed by atoms with van der Waals surface area (Å²) in [5.41, 5.74) is 0. The van der Waals surface area contributed by atoms with Crippen molar-refractivity contribution >= 4 is 58.7 Å². The van der Waals surface area contributed by atoms with E-state index in [1.165, 1.54) is 0 Å². The van der Waals surface area contributed by atoms with Crippen LogP contribution in [0.1, 0.15) is 19.3 Å². The molecule has 6 heteroatoms. The summed E-state index contributed by atoms with van der Waals surface area (Å²) in [4.78, 5) is 2.15. The van der Waals surface area contributed by atoms with Crippen molar-refractivity contribution in [1.29, 1.82) is 5.26 Å². The zero-order valence-electron chi connectivity index (χ0n) is 8.07. The van der Waals surface area contributed by atoms with Gasteiger partial charge in [0.05, 0.1) is 6.07 Å². The number of unbranched alkanes of at least 4 members (excludes halogenated alkanes) is 1. The summed E-state index contributed by atoms with van der Waals surface area (Å²) in [5.74, 6) is 0. The third kappa shape index (κ3) is 5.53. The van der Waals surface area contributed by atoms with E-state index in [-0.39, 0.29) is 29.6 Å². The van der Waals surface area contributed by atoms with Gasteiger partial charge in [-0.2, -0.15) is 5.26 Å². The first-order valence-electron chi connectivity index (χ1n) is 4.83. The van der Waals surface area contributed by atoms with Gasteiger partial charge in [-0.25, -0.2) is 0 Å². The van der Waals surface area contributed by atoms with Gasteiger partial charge in [-0.3, -0.25) is 0 Å². The first-order chi connectivity index (χ1) is 6.75. The molecule has 1 unspecified atom stereocenters. The van der Waals surface area contributed by atoms with E-state index in [1.807, 2.05) is 0 Å². The summed E-state index contributed by atoms with van der Waals surface area (Å²) in [6.07, 6.45) is 2.58. The molecule has 0 spiro atoms. The second kappa shape index (κ2) is 8.80. The van der Waals surface area contributed by atoms with Gasteiger partial charge in [-0.15, -0.1) is 12.6 Å². The van der Waals surface area contributed by atoms with E-state index in [4.69, 9.17) is 17.5 Å². The number of nitrogens with zero attached hydrogens (tertiary/aromatic N) is 2. The van der Waals surface area contributed by atoms with Gasteiger partial charge in [0.25, 0.3) is 0 Å². The Hall–Kier alpha value is 0.690. The van der Waals surface area contributed by atoms with Crippen LogP contribution in [0.5, 0.6) is 0 Å². The Balaban J connectivity index is 0.00000196. The number of hydrogen-bond donors (Lipinski definition) is 2. The number of thiol groups is 1. The van der Waals surface area contributed by atoms with Gasteiger partial charge in [-0.05, 0) is 12.8 Å². The fourth-order valence-corrected chi connectivity index (χ4v) is 2.19. The van der Waals surface area contributed by atoms with E-state index in [1.54, 1.807) is 0 Å². The maximum atomic E-state index is 8.45. The van der Waals surface area contributed by atoms with Crippen molar-refractivity contribution in [2.45, 2.75) is 25.3 Å². The molecule has 0 bridgehead atoms. The van der Waals surface area contributed by atoms with E-state index < -0.39 is 0 Å². The Labute approximate surface area is 124 Å². The summed E-state index contributed by atoms with van der Waals surface area (Å²) in [5, 5.41) is 11.8. The van der Waals surface area contributed by atoms with Crippen molar-refractivity contribution in [2.24, 2.45) is 0 Å². The number of nitrogens with one attached hydrogen (secondary N) is 1. The number of hydrogen-bond acceptors (Lipinski definition) is 3. The molecule has 1 atom stereocenters. The van der Waals surface area contributed by atoms with Crippen LogP contribution < -0.4 is 5.32 Å². The van der Waals surface area contributed by atoms with Crippen molar-refractivity contribution in [2.75, 3.05) is 19.6 Å². The zero-order valence-corrected chi connectivity index (χ0v) is 9.78. The molecule has 3 nitrogen and oxygen atoms in total. The molecule has 1 aliphatic rings. The van der Waals surface area contributed by atoms with E-state index in [2.05, 4.69) is 28.9 Å². The number of piperazine rings is 1. The number of rotatable bonds is 3. The second-order valence-electron chi connectivity index (χ2n) is 3.38. The molecule has 1 aliphatic heterocycles. The molecule has 1 heterocycles. The van der Waals surface area contributed by atoms with E-state index in [0.29, 0.717) is 16.8 Å². The third-order valence-electron chi connectivity index (χ3n) is 2.42. The summed E-state index contributed by atoms with van der Waals surface area (Å²) in [6.45, 7) is 2.85. The topological polar surface area (TPSA) is 39.1 Å². The van der Waals surface area contributed by atoms with Crippen LogP contribution in [0.25, 0.3) is 0 Å². The van der Waals surface area contributed by atoms with Crippen LogP contribution in [0.2, 0.25) is 0 Å². The predicted octanol–water partition coefficient (Wildman–Crippen LogP) is 0.520. The average Bonchev–Trinajstić information content (AvgIpc) is 2.19. The van der Waals surface area contributed by atoms with Crippen LogP contribution in [-0.4, -0.2) is 64.5 Å². The number of nitriles is 1. The Kier molecular flexibility index (Phi) is 9.20. The molecule has 1 fully saturated rings. The van der Waals surface area contributed by atoms with E-state index in [9.17, 15) is 0 Å². The molecule has 0 aromatic rings. The quantitative estimate of drug-likeness (QED) is 0.333. The maximum absolute atomic E-state index is 8.45. The Morgan fingerprint density at radius 2 is 2.40 bits per heavy atom. The molecule has 1 saturated heterocycles. The molecular weight excluding hydrogens is 237 g/mol. The standard InChI is InChI=1S/C9H15N3S2.Na.H/c10-4-2-1-3-8-7-11-5-6-12(8)9(13)14;;/h8,11H,1-3,5-7H2,(H,13,14);;. The van der Waals surface area contributed by atoms with Gasteiger partial charge < -0.3 is 10.2 Å². The van der Waals surface area contributed by atoms with Gasteiger partial charge in [-0.1, -0.05) is 12.2 Å². The van der Waals surface area contributed by atoms with Crippen LogP contribution in [0, 0.1) is 11.3 Å². The van der Waals surface area contributed by atoms with E-state index >= 15 is 0 Å². The van der Waals surface area contributed by atoms with Crippen LogP contribution in [0.4, 0.5) is 0 Å². The van der Waals surface area contributed by atoms with Gasteiger partial charge in [0.2, 0.25) is 0 Å². The summed E-state index contributed by atoms with van der Waals surface area (Å²) >= 11 is 9.28. The van der Waals surface area contributed by atoms with Gasteiger partial charge in [0.15, 0.2) is 0 Å². The Morgan fingerprint density at radius 3 is 3.00 bits per heavy atom. The molecule has 80 valence electrons. The van der Waals surface area contributed by atoms with Crippen molar-refractivity contribution in [3.05, 3.63) is 0 Å². The minimum atomic E-state index is 0. The van der Waals surface area contributed by atoms with Gasteiger partial charge in [0, 0.05) is 32.1 Å². The molecule has 0 saturated carbocycles. The van der Waals surface area contributed by atoms with Crippen molar-refractivity contribution in [3.8, 4) is 6.07 Å². The van der Waals surface area contributed by atoms with Gasteiger partial charge in [0.1, 0.15) is 4.32 Å². The fourth-order valence-electron chi connectivity index (χ4n) is 1.69. The Morgan fingerprint density at radius 1 is 1.67 bits per heavy atom. The summed E-state index contributed by atoms with van der Waals surface area (Å²) in [7, 11) is 0. The SMILES string of the molecule is N#CCCCC1CNCCN1C(=S)S.[NaH]. The normalized spacial score (nSPS) is 20.3. The molecule has 0 radical (unpaired) electrons. The van der Waals surface area contributed by atoms with Crippen LogP contribution >= 0.6 is 24.8 Å². The van der Waals surface area contributed by atoms with Crippen LogP contribution in [-0.2, 0) is 0 Å². The molecular formula is C9H16N3NaS2. The Bertz CT molecular complexity index is 242. The monoisotopic (exact) mass is 253 g/mol.